The van der Waals surface area contributed by atoms with Gasteiger partial charge in [0.2, 0.25) is 0 Å². The molecule has 1 aromatic rings. The molecular formula is C15H22N4O2. The van der Waals surface area contributed by atoms with E-state index in [1.54, 1.807) is 6.07 Å². The molecule has 1 saturated heterocycles. The molecule has 2 aliphatic heterocycles. The average Bonchev–Trinajstić information content (AvgIpc) is 2.43. The van der Waals surface area contributed by atoms with E-state index in [-0.39, 0.29) is 12.5 Å². The molecule has 4 N–H and O–H groups in total. The number of nitrogen functional groups attached to an aromatic ring is 1. The van der Waals surface area contributed by atoms with Gasteiger partial charge < -0.3 is 26.0 Å². The zero-order valence-electron chi connectivity index (χ0n) is 12.5. The van der Waals surface area contributed by atoms with Crippen LogP contribution in [0.25, 0.3) is 0 Å². The highest BCUT2D eigenvalue weighted by atomic mass is 16.5. The van der Waals surface area contributed by atoms with Gasteiger partial charge in [0.15, 0.2) is 6.61 Å². The summed E-state index contributed by atoms with van der Waals surface area (Å²) in [5.74, 6) is 1.05. The summed E-state index contributed by atoms with van der Waals surface area (Å²) in [6.45, 7) is 4.44. The van der Waals surface area contributed by atoms with Crippen LogP contribution in [0.5, 0.6) is 5.75 Å². The van der Waals surface area contributed by atoms with Crippen molar-refractivity contribution in [2.75, 3.05) is 43.1 Å². The van der Waals surface area contributed by atoms with Crippen molar-refractivity contribution >= 4 is 23.0 Å². The summed E-state index contributed by atoms with van der Waals surface area (Å²) in [5, 5.41) is 6.34. The predicted octanol–water partition coefficient (Wildman–Crippen LogP) is 1.35. The minimum atomic E-state index is -0.133. The van der Waals surface area contributed by atoms with E-state index in [1.165, 1.54) is 0 Å². The number of benzene rings is 1. The molecule has 2 aliphatic rings. The smallest absolute Gasteiger partial charge is 0.262 e. The zero-order chi connectivity index (χ0) is 15.0. The Morgan fingerprint density at radius 2 is 2.29 bits per heavy atom. The third-order valence-electron chi connectivity index (χ3n) is 4.23. The molecule has 6 heteroatoms. The lowest BCUT2D eigenvalue weighted by Crippen LogP contribution is -2.43. The minimum absolute atomic E-state index is 0.0468. The Labute approximate surface area is 124 Å². The SMILES string of the molecule is CC1CN(C)CCC1Nc1cc2c(cc1N)OCC(=O)N2. The van der Waals surface area contributed by atoms with Crippen LogP contribution in [0.4, 0.5) is 17.1 Å². The van der Waals surface area contributed by atoms with Crippen LogP contribution >= 0.6 is 0 Å². The third kappa shape index (κ3) is 2.90. The van der Waals surface area contributed by atoms with Crippen LogP contribution in [0, 0.1) is 5.92 Å². The van der Waals surface area contributed by atoms with Gasteiger partial charge in [-0.25, -0.2) is 0 Å². The van der Waals surface area contributed by atoms with Crippen molar-refractivity contribution in [2.45, 2.75) is 19.4 Å². The summed E-state index contributed by atoms with van der Waals surface area (Å²) >= 11 is 0. The molecule has 0 radical (unpaired) electrons. The van der Waals surface area contributed by atoms with E-state index in [9.17, 15) is 4.79 Å². The van der Waals surface area contributed by atoms with Crippen LogP contribution in [0.3, 0.4) is 0 Å². The van der Waals surface area contributed by atoms with Gasteiger partial charge in [-0.1, -0.05) is 6.92 Å². The third-order valence-corrected chi connectivity index (χ3v) is 4.23. The first kappa shape index (κ1) is 14.0. The van der Waals surface area contributed by atoms with Crippen molar-refractivity contribution in [3.63, 3.8) is 0 Å². The minimum Gasteiger partial charge on any atom is -0.482 e. The highest BCUT2D eigenvalue weighted by molar-refractivity contribution is 5.97. The fraction of sp³-hybridized carbons (Fsp3) is 0.533. The number of nitrogens with one attached hydrogen (secondary N) is 2. The number of anilines is 3. The Morgan fingerprint density at radius 3 is 3.05 bits per heavy atom. The first-order valence-electron chi connectivity index (χ1n) is 7.34. The molecule has 0 aromatic heterocycles. The number of rotatable bonds is 2. The maximum Gasteiger partial charge on any atom is 0.262 e. The van der Waals surface area contributed by atoms with Gasteiger partial charge in [0.05, 0.1) is 17.1 Å². The number of fused-ring (bicyclic) bond motifs is 1. The highest BCUT2D eigenvalue weighted by Crippen LogP contribution is 2.36. The van der Waals surface area contributed by atoms with Gasteiger partial charge in [-0.3, -0.25) is 4.79 Å². The van der Waals surface area contributed by atoms with Gasteiger partial charge in [-0.15, -0.1) is 0 Å². The molecule has 114 valence electrons. The highest BCUT2D eigenvalue weighted by Gasteiger charge is 2.25. The lowest BCUT2D eigenvalue weighted by molar-refractivity contribution is -0.118. The van der Waals surface area contributed by atoms with Crippen LogP contribution in [-0.4, -0.2) is 43.6 Å². The second-order valence-electron chi connectivity index (χ2n) is 6.05. The maximum absolute atomic E-state index is 11.4. The molecule has 2 atom stereocenters. The molecule has 1 fully saturated rings. The molecule has 0 saturated carbocycles. The number of amides is 1. The van der Waals surface area contributed by atoms with Gasteiger partial charge in [0.1, 0.15) is 5.75 Å². The molecule has 0 spiro atoms. The Bertz CT molecular complexity index is 561. The second-order valence-corrected chi connectivity index (χ2v) is 6.05. The maximum atomic E-state index is 11.4. The number of ether oxygens (including phenoxy) is 1. The fourth-order valence-corrected chi connectivity index (χ4v) is 3.04. The van der Waals surface area contributed by atoms with Gasteiger partial charge in [-0.05, 0) is 32.0 Å². The van der Waals surface area contributed by atoms with Crippen LogP contribution in [0.15, 0.2) is 12.1 Å². The standard InChI is InChI=1S/C15H22N4O2/c1-9-7-19(2)4-3-11(9)17-12-6-13-14(5-10(12)16)21-8-15(20)18-13/h5-6,9,11,17H,3-4,7-8,16H2,1-2H3,(H,18,20). The molecule has 0 aliphatic carbocycles. The van der Waals surface area contributed by atoms with E-state index >= 15 is 0 Å². The largest absolute Gasteiger partial charge is 0.482 e. The Morgan fingerprint density at radius 1 is 1.48 bits per heavy atom. The van der Waals surface area contributed by atoms with Crippen LogP contribution in [0.1, 0.15) is 13.3 Å². The predicted molar refractivity (Wildman–Crippen MR) is 83.7 cm³/mol. The number of hydrogen-bond acceptors (Lipinski definition) is 5. The molecular weight excluding hydrogens is 268 g/mol. The molecule has 1 aromatic carbocycles. The van der Waals surface area contributed by atoms with Crippen molar-refractivity contribution < 1.29 is 9.53 Å². The number of piperidine rings is 1. The van der Waals surface area contributed by atoms with Crippen LogP contribution < -0.4 is 21.1 Å². The van der Waals surface area contributed by atoms with E-state index in [2.05, 4.69) is 29.5 Å². The lowest BCUT2D eigenvalue weighted by atomic mass is 9.94. The topological polar surface area (TPSA) is 79.6 Å². The number of nitrogens with two attached hydrogens (primary N) is 1. The molecule has 21 heavy (non-hydrogen) atoms. The Balaban J connectivity index is 1.79. The summed E-state index contributed by atoms with van der Waals surface area (Å²) in [5.41, 5.74) is 8.30. The number of hydrogen-bond donors (Lipinski definition) is 3. The van der Waals surface area contributed by atoms with Gasteiger partial charge in [0.25, 0.3) is 5.91 Å². The summed E-state index contributed by atoms with van der Waals surface area (Å²) < 4.78 is 5.37. The molecule has 6 nitrogen and oxygen atoms in total. The Kier molecular flexibility index (Phi) is 3.63. The van der Waals surface area contributed by atoms with E-state index in [4.69, 9.17) is 10.5 Å². The van der Waals surface area contributed by atoms with Crippen molar-refractivity contribution in [2.24, 2.45) is 5.92 Å². The van der Waals surface area contributed by atoms with Crippen molar-refractivity contribution in [3.8, 4) is 5.75 Å². The molecule has 3 rings (SSSR count). The molecule has 0 bridgehead atoms. The Hall–Kier alpha value is -1.95. The quantitative estimate of drug-likeness (QED) is 0.717. The second kappa shape index (κ2) is 5.44. The van der Waals surface area contributed by atoms with Crippen LogP contribution in [0.2, 0.25) is 0 Å². The van der Waals surface area contributed by atoms with Crippen LogP contribution in [-0.2, 0) is 4.79 Å². The molecule has 2 unspecified atom stereocenters. The number of nitrogens with zero attached hydrogens (tertiary/aromatic N) is 1. The van der Waals surface area contributed by atoms with Gasteiger partial charge in [-0.2, -0.15) is 0 Å². The first-order chi connectivity index (χ1) is 10.0. The van der Waals surface area contributed by atoms with E-state index < -0.39 is 0 Å². The van der Waals surface area contributed by atoms with Crippen molar-refractivity contribution in [1.82, 2.24) is 4.90 Å². The van der Waals surface area contributed by atoms with E-state index in [0.29, 0.717) is 29.1 Å². The van der Waals surface area contributed by atoms with E-state index in [0.717, 1.165) is 25.2 Å². The average molecular weight is 290 g/mol. The van der Waals surface area contributed by atoms with Gasteiger partial charge >= 0.3 is 0 Å². The van der Waals surface area contributed by atoms with Crippen molar-refractivity contribution in [1.29, 1.82) is 0 Å². The zero-order valence-corrected chi connectivity index (χ0v) is 12.5. The fourth-order valence-electron chi connectivity index (χ4n) is 3.04. The normalized spacial score (nSPS) is 25.7. The number of carbonyl (C=O) groups is 1. The summed E-state index contributed by atoms with van der Waals surface area (Å²) in [4.78, 5) is 13.7. The molecule has 1 amide bonds. The van der Waals surface area contributed by atoms with E-state index in [1.807, 2.05) is 6.07 Å². The lowest BCUT2D eigenvalue weighted by Gasteiger charge is -2.36. The van der Waals surface area contributed by atoms with Crippen molar-refractivity contribution in [3.05, 3.63) is 12.1 Å². The molecule has 2 heterocycles. The monoisotopic (exact) mass is 290 g/mol. The number of likely N-dealkylation sites (tertiary alicyclic amines) is 1. The summed E-state index contributed by atoms with van der Waals surface area (Å²) in [6, 6.07) is 4.03. The first-order valence-corrected chi connectivity index (χ1v) is 7.34. The number of carbonyl (C=O) groups excluding carboxylic acids is 1. The summed E-state index contributed by atoms with van der Waals surface area (Å²) in [7, 11) is 2.15. The van der Waals surface area contributed by atoms with Gasteiger partial charge in [0, 0.05) is 18.7 Å². The summed E-state index contributed by atoms with van der Waals surface area (Å²) in [6.07, 6.45) is 1.08.